The Morgan fingerprint density at radius 2 is 1.89 bits per heavy atom. The number of nitrogens with zero attached hydrogens (tertiary/aromatic N) is 3. The normalized spacial score (nSPS) is 12.6. The first-order chi connectivity index (χ1) is 17.0. The standard InChI is InChI=1S/C25H25F3N4O4/c1-13-10-18(15(3)36-13)23-22-19(25(26,27)28)11-21(30-24(22)32(4)31-23)35-12-20(33)29-14(2)16-6-8-17(34-5)9-7-16/h6-11,14H,12H2,1-5H3,(H,29,33)/t14-/m0/s1. The Hall–Kier alpha value is -4.02. The summed E-state index contributed by atoms with van der Waals surface area (Å²) in [5.74, 6) is 0.834. The van der Waals surface area contributed by atoms with Gasteiger partial charge < -0.3 is 19.2 Å². The maximum Gasteiger partial charge on any atom is 0.417 e. The Balaban J connectivity index is 1.59. The first-order valence-corrected chi connectivity index (χ1v) is 11.1. The number of amides is 1. The van der Waals surface area contributed by atoms with Crippen LogP contribution in [-0.2, 0) is 18.0 Å². The van der Waals surface area contributed by atoms with E-state index >= 15 is 0 Å². The molecule has 36 heavy (non-hydrogen) atoms. The predicted octanol–water partition coefficient (Wildman–Crippen LogP) is 5.13. The number of fused-ring (bicyclic) bond motifs is 1. The van der Waals surface area contributed by atoms with Gasteiger partial charge in [-0.15, -0.1) is 0 Å². The molecule has 0 aliphatic rings. The van der Waals surface area contributed by atoms with Crippen LogP contribution in [0.15, 0.2) is 40.8 Å². The number of hydrogen-bond donors (Lipinski definition) is 1. The molecule has 0 fully saturated rings. The first-order valence-electron chi connectivity index (χ1n) is 11.1. The van der Waals surface area contributed by atoms with Crippen LogP contribution in [0.2, 0.25) is 0 Å². The lowest BCUT2D eigenvalue weighted by Gasteiger charge is -2.15. The van der Waals surface area contributed by atoms with Crippen LogP contribution in [0.25, 0.3) is 22.3 Å². The van der Waals surface area contributed by atoms with Gasteiger partial charge in [0.2, 0.25) is 5.88 Å². The van der Waals surface area contributed by atoms with Crippen LogP contribution in [0.1, 0.15) is 35.6 Å². The summed E-state index contributed by atoms with van der Waals surface area (Å²) in [5, 5.41) is 6.86. The molecule has 1 amide bonds. The number of carbonyl (C=O) groups excluding carboxylic acids is 1. The third kappa shape index (κ3) is 5.00. The van der Waals surface area contributed by atoms with Crippen LogP contribution in [0.4, 0.5) is 13.2 Å². The van der Waals surface area contributed by atoms with Gasteiger partial charge in [-0.1, -0.05) is 12.1 Å². The van der Waals surface area contributed by atoms with E-state index in [2.05, 4.69) is 15.4 Å². The van der Waals surface area contributed by atoms with Crippen LogP contribution >= 0.6 is 0 Å². The van der Waals surface area contributed by atoms with Gasteiger partial charge in [0.1, 0.15) is 23.0 Å². The van der Waals surface area contributed by atoms with Crippen LogP contribution in [-0.4, -0.2) is 34.4 Å². The number of hydrogen-bond acceptors (Lipinski definition) is 6. The monoisotopic (exact) mass is 502 g/mol. The number of alkyl halides is 3. The summed E-state index contributed by atoms with van der Waals surface area (Å²) in [7, 11) is 3.05. The molecule has 0 radical (unpaired) electrons. The third-order valence-corrected chi connectivity index (χ3v) is 5.72. The summed E-state index contributed by atoms with van der Waals surface area (Å²) in [6, 6.07) is 9.21. The van der Waals surface area contributed by atoms with E-state index in [0.29, 0.717) is 22.8 Å². The van der Waals surface area contributed by atoms with E-state index in [1.54, 1.807) is 58.2 Å². The number of halogens is 3. The summed E-state index contributed by atoms with van der Waals surface area (Å²) < 4.78 is 59.5. The Labute approximate surface area is 205 Å². The van der Waals surface area contributed by atoms with Gasteiger partial charge in [0.15, 0.2) is 12.3 Å². The number of methoxy groups -OCH3 is 1. The molecule has 8 nitrogen and oxygen atoms in total. The van der Waals surface area contributed by atoms with Crippen molar-refractivity contribution in [3.63, 3.8) is 0 Å². The van der Waals surface area contributed by atoms with Crippen molar-refractivity contribution < 1.29 is 31.9 Å². The average molecular weight is 502 g/mol. The molecular weight excluding hydrogens is 477 g/mol. The maximum absolute atomic E-state index is 14.1. The summed E-state index contributed by atoms with van der Waals surface area (Å²) >= 11 is 0. The quantitative estimate of drug-likeness (QED) is 0.377. The van der Waals surface area contributed by atoms with Crippen LogP contribution in [0.3, 0.4) is 0 Å². The number of ether oxygens (including phenoxy) is 2. The van der Waals surface area contributed by atoms with E-state index < -0.39 is 24.3 Å². The lowest BCUT2D eigenvalue weighted by Crippen LogP contribution is -2.31. The molecule has 4 aromatic rings. The maximum atomic E-state index is 14.1. The van der Waals surface area contributed by atoms with Gasteiger partial charge in [0, 0.05) is 18.7 Å². The Kier molecular flexibility index (Phi) is 6.66. The average Bonchev–Trinajstić information content (AvgIpc) is 3.34. The fourth-order valence-corrected chi connectivity index (χ4v) is 3.97. The molecule has 0 saturated carbocycles. The molecule has 0 spiro atoms. The zero-order valence-corrected chi connectivity index (χ0v) is 20.4. The summed E-state index contributed by atoms with van der Waals surface area (Å²) in [4.78, 5) is 16.6. The van der Waals surface area contributed by atoms with Crippen LogP contribution < -0.4 is 14.8 Å². The topological polar surface area (TPSA) is 91.4 Å². The number of rotatable bonds is 7. The fraction of sp³-hybridized carbons (Fsp3) is 0.320. The van der Waals surface area contributed by atoms with Gasteiger partial charge in [-0.2, -0.15) is 23.3 Å². The molecular formula is C25H25F3N4O4. The van der Waals surface area contributed by atoms with Crippen molar-refractivity contribution in [3.8, 4) is 22.9 Å². The van der Waals surface area contributed by atoms with E-state index in [1.165, 1.54) is 11.7 Å². The van der Waals surface area contributed by atoms with Crippen LogP contribution in [0.5, 0.6) is 11.6 Å². The van der Waals surface area contributed by atoms with E-state index in [9.17, 15) is 18.0 Å². The second kappa shape index (κ2) is 9.56. The highest BCUT2D eigenvalue weighted by molar-refractivity contribution is 5.95. The Bertz CT molecular complexity index is 1410. The minimum atomic E-state index is -4.71. The highest BCUT2D eigenvalue weighted by Crippen LogP contribution is 2.41. The smallest absolute Gasteiger partial charge is 0.417 e. The van der Waals surface area contributed by atoms with Crippen molar-refractivity contribution in [2.45, 2.75) is 33.0 Å². The molecule has 0 bridgehead atoms. The van der Waals surface area contributed by atoms with Crippen molar-refractivity contribution >= 4 is 16.9 Å². The molecule has 190 valence electrons. The largest absolute Gasteiger partial charge is 0.497 e. The zero-order chi connectivity index (χ0) is 26.2. The van der Waals surface area contributed by atoms with Gasteiger partial charge in [-0.25, -0.2) is 4.68 Å². The summed E-state index contributed by atoms with van der Waals surface area (Å²) in [6.45, 7) is 4.63. The molecule has 1 aromatic carbocycles. The third-order valence-electron chi connectivity index (χ3n) is 5.72. The van der Waals surface area contributed by atoms with E-state index in [4.69, 9.17) is 13.9 Å². The number of furan rings is 1. The molecule has 3 heterocycles. The SMILES string of the molecule is COc1ccc([C@H](C)NC(=O)COc2cc(C(F)(F)F)c3c(-c4cc(C)oc4C)nn(C)c3n2)cc1. The number of aryl methyl sites for hydroxylation is 3. The lowest BCUT2D eigenvalue weighted by atomic mass is 10.1. The molecule has 1 atom stereocenters. The predicted molar refractivity (Wildman–Crippen MR) is 126 cm³/mol. The van der Waals surface area contributed by atoms with Crippen molar-refractivity contribution in [1.82, 2.24) is 20.1 Å². The lowest BCUT2D eigenvalue weighted by molar-refractivity contribution is -0.136. The van der Waals surface area contributed by atoms with E-state index in [-0.39, 0.29) is 28.6 Å². The highest BCUT2D eigenvalue weighted by atomic mass is 19.4. The van der Waals surface area contributed by atoms with Crippen LogP contribution in [0, 0.1) is 13.8 Å². The molecule has 0 saturated heterocycles. The van der Waals surface area contributed by atoms with Gasteiger partial charge in [-0.3, -0.25) is 4.79 Å². The molecule has 0 aliphatic heterocycles. The fourth-order valence-electron chi connectivity index (χ4n) is 3.97. The van der Waals surface area contributed by atoms with Gasteiger partial charge >= 0.3 is 6.18 Å². The molecule has 3 aromatic heterocycles. The van der Waals surface area contributed by atoms with Gasteiger partial charge in [0.05, 0.1) is 24.1 Å². The second-order valence-corrected chi connectivity index (χ2v) is 8.35. The van der Waals surface area contributed by atoms with Crippen molar-refractivity contribution in [1.29, 1.82) is 0 Å². The number of benzene rings is 1. The Morgan fingerprint density at radius 3 is 2.47 bits per heavy atom. The van der Waals surface area contributed by atoms with Crippen molar-refractivity contribution in [3.05, 3.63) is 59.0 Å². The van der Waals surface area contributed by atoms with E-state index in [1.807, 2.05) is 0 Å². The molecule has 0 aliphatic carbocycles. The molecule has 4 rings (SSSR count). The minimum Gasteiger partial charge on any atom is -0.497 e. The van der Waals surface area contributed by atoms with Crippen molar-refractivity contribution in [2.24, 2.45) is 7.05 Å². The number of carbonyl (C=O) groups is 1. The number of aromatic nitrogens is 3. The van der Waals surface area contributed by atoms with Gasteiger partial charge in [-0.05, 0) is 44.5 Å². The second-order valence-electron chi connectivity index (χ2n) is 8.35. The number of nitrogens with one attached hydrogen (secondary N) is 1. The molecule has 11 heteroatoms. The van der Waals surface area contributed by atoms with Crippen molar-refractivity contribution in [2.75, 3.05) is 13.7 Å². The summed E-state index contributed by atoms with van der Waals surface area (Å²) in [5.41, 5.74) is 0.399. The zero-order valence-electron chi connectivity index (χ0n) is 20.4. The van der Waals surface area contributed by atoms with E-state index in [0.717, 1.165) is 11.6 Å². The Morgan fingerprint density at radius 1 is 1.19 bits per heavy atom. The number of pyridine rings is 1. The first kappa shape index (κ1) is 25.1. The molecule has 1 N–H and O–H groups in total. The summed E-state index contributed by atoms with van der Waals surface area (Å²) in [6.07, 6.45) is -4.71. The minimum absolute atomic E-state index is 0.0277. The highest BCUT2D eigenvalue weighted by Gasteiger charge is 2.37. The van der Waals surface area contributed by atoms with Gasteiger partial charge in [0.25, 0.3) is 5.91 Å². The molecule has 0 unspecified atom stereocenters.